The van der Waals surface area contributed by atoms with Crippen LogP contribution in [-0.4, -0.2) is 30.9 Å². The number of amides is 1. The van der Waals surface area contributed by atoms with Gasteiger partial charge in [-0.15, -0.1) is 0 Å². The minimum atomic E-state index is -0.227. The number of hydrogen-bond donors (Lipinski definition) is 1. The molecule has 1 amide bonds. The second-order valence-electron chi connectivity index (χ2n) is 5.87. The van der Waals surface area contributed by atoms with Crippen molar-refractivity contribution in [2.24, 2.45) is 5.92 Å². The highest BCUT2D eigenvalue weighted by Gasteiger charge is 2.20. The summed E-state index contributed by atoms with van der Waals surface area (Å²) in [5.41, 5.74) is 1.92. The third-order valence-electron chi connectivity index (χ3n) is 3.29. The summed E-state index contributed by atoms with van der Waals surface area (Å²) in [5, 5.41) is 3.30. The maximum absolute atomic E-state index is 13.1. The number of halogens is 1. The Balaban J connectivity index is 2.72. The third kappa shape index (κ3) is 4.93. The molecule has 0 radical (unpaired) electrons. The van der Waals surface area contributed by atoms with E-state index in [0.717, 1.165) is 17.5 Å². The van der Waals surface area contributed by atoms with Crippen LogP contribution in [0.4, 0.5) is 4.39 Å². The Morgan fingerprint density at radius 3 is 2.50 bits per heavy atom. The van der Waals surface area contributed by atoms with Crippen LogP contribution in [0.5, 0.6) is 0 Å². The van der Waals surface area contributed by atoms with E-state index in [1.54, 1.807) is 25.1 Å². The van der Waals surface area contributed by atoms with Gasteiger partial charge in [-0.3, -0.25) is 4.79 Å². The van der Waals surface area contributed by atoms with E-state index >= 15 is 0 Å². The average Bonchev–Trinajstić information content (AvgIpc) is 2.34. The van der Waals surface area contributed by atoms with Gasteiger partial charge in [0, 0.05) is 20.6 Å². The summed E-state index contributed by atoms with van der Waals surface area (Å²) >= 11 is 0. The Hall–Kier alpha value is -1.42. The van der Waals surface area contributed by atoms with E-state index < -0.39 is 0 Å². The Kier molecular flexibility index (Phi) is 6.14. The zero-order valence-corrected chi connectivity index (χ0v) is 13.0. The largest absolute Gasteiger partial charge is 0.347 e. The number of hydrogen-bond acceptors (Lipinski definition) is 2. The smallest absolute Gasteiger partial charge is 0.239 e. The molecule has 0 aliphatic heterocycles. The molecule has 20 heavy (non-hydrogen) atoms. The average molecular weight is 280 g/mol. The van der Waals surface area contributed by atoms with Crippen LogP contribution < -0.4 is 5.32 Å². The molecule has 0 heterocycles. The quantitative estimate of drug-likeness (QED) is 0.869. The summed E-state index contributed by atoms with van der Waals surface area (Å²) < 4.78 is 13.1. The molecule has 0 saturated carbocycles. The fraction of sp³-hybridized carbons (Fsp3) is 0.562. The van der Waals surface area contributed by atoms with E-state index in [4.69, 9.17) is 0 Å². The number of nitrogens with one attached hydrogen (secondary N) is 1. The van der Waals surface area contributed by atoms with Gasteiger partial charge in [0.15, 0.2) is 0 Å². The van der Waals surface area contributed by atoms with Crippen molar-refractivity contribution in [2.45, 2.75) is 39.8 Å². The van der Waals surface area contributed by atoms with Crippen molar-refractivity contribution >= 4 is 5.91 Å². The van der Waals surface area contributed by atoms with Gasteiger partial charge in [0.25, 0.3) is 0 Å². The molecule has 3 nitrogen and oxygen atoms in total. The van der Waals surface area contributed by atoms with Gasteiger partial charge >= 0.3 is 0 Å². The fourth-order valence-electron chi connectivity index (χ4n) is 2.15. The lowest BCUT2D eigenvalue weighted by Gasteiger charge is -2.23. The molecule has 1 atom stereocenters. The molecule has 4 heteroatoms. The number of rotatable bonds is 6. The lowest BCUT2D eigenvalue weighted by atomic mass is 10.0. The van der Waals surface area contributed by atoms with E-state index in [9.17, 15) is 9.18 Å². The Morgan fingerprint density at radius 2 is 2.00 bits per heavy atom. The second-order valence-corrected chi connectivity index (χ2v) is 5.87. The molecule has 0 aliphatic rings. The van der Waals surface area contributed by atoms with Crippen molar-refractivity contribution in [1.82, 2.24) is 10.2 Å². The van der Waals surface area contributed by atoms with Gasteiger partial charge < -0.3 is 10.2 Å². The van der Waals surface area contributed by atoms with Crippen molar-refractivity contribution < 1.29 is 9.18 Å². The lowest BCUT2D eigenvalue weighted by Crippen LogP contribution is -2.44. The maximum Gasteiger partial charge on any atom is 0.239 e. The molecular formula is C16H25FN2O. The van der Waals surface area contributed by atoms with E-state index in [1.165, 1.54) is 12.1 Å². The molecule has 1 aromatic carbocycles. The first-order chi connectivity index (χ1) is 9.31. The molecule has 1 N–H and O–H groups in total. The fourth-order valence-corrected chi connectivity index (χ4v) is 2.15. The van der Waals surface area contributed by atoms with Crippen molar-refractivity contribution in [1.29, 1.82) is 0 Å². The topological polar surface area (TPSA) is 32.3 Å². The molecule has 0 fully saturated rings. The third-order valence-corrected chi connectivity index (χ3v) is 3.29. The summed E-state index contributed by atoms with van der Waals surface area (Å²) in [4.78, 5) is 13.8. The van der Waals surface area contributed by atoms with Gasteiger partial charge in [-0.25, -0.2) is 4.39 Å². The molecule has 1 rings (SSSR count). The molecule has 0 aliphatic carbocycles. The predicted octanol–water partition coefficient (Wildman–Crippen LogP) is 2.73. The predicted molar refractivity (Wildman–Crippen MR) is 79.9 cm³/mol. The van der Waals surface area contributed by atoms with Crippen LogP contribution in [0.1, 0.15) is 31.4 Å². The van der Waals surface area contributed by atoms with Gasteiger partial charge in [-0.2, -0.15) is 0 Å². The number of carbonyl (C=O) groups excluding carboxylic acids is 1. The van der Waals surface area contributed by atoms with Gasteiger partial charge in [0.2, 0.25) is 5.91 Å². The molecule has 0 spiro atoms. The monoisotopic (exact) mass is 280 g/mol. The van der Waals surface area contributed by atoms with Gasteiger partial charge in [0.1, 0.15) is 5.82 Å². The van der Waals surface area contributed by atoms with Crippen LogP contribution in [0, 0.1) is 18.7 Å². The highest BCUT2D eigenvalue weighted by atomic mass is 19.1. The summed E-state index contributed by atoms with van der Waals surface area (Å²) in [6.07, 6.45) is 0.789. The van der Waals surface area contributed by atoms with Gasteiger partial charge in [-0.1, -0.05) is 19.9 Å². The highest BCUT2D eigenvalue weighted by Crippen LogP contribution is 2.12. The molecule has 1 aromatic rings. The van der Waals surface area contributed by atoms with E-state index in [-0.39, 0.29) is 17.8 Å². The van der Waals surface area contributed by atoms with Crippen molar-refractivity contribution in [2.75, 3.05) is 14.1 Å². The number of likely N-dealkylation sites (N-methyl/N-ethyl adjacent to an activating group) is 1. The zero-order chi connectivity index (χ0) is 15.3. The molecule has 112 valence electrons. The zero-order valence-electron chi connectivity index (χ0n) is 13.0. The highest BCUT2D eigenvalue weighted by molar-refractivity contribution is 5.81. The molecule has 1 unspecified atom stereocenters. The van der Waals surface area contributed by atoms with E-state index in [2.05, 4.69) is 19.2 Å². The first-order valence-corrected chi connectivity index (χ1v) is 7.00. The van der Waals surface area contributed by atoms with Crippen LogP contribution >= 0.6 is 0 Å². The van der Waals surface area contributed by atoms with Crippen LogP contribution in [-0.2, 0) is 11.3 Å². The second kappa shape index (κ2) is 7.39. The molecular weight excluding hydrogens is 255 g/mol. The standard InChI is InChI=1S/C16H25FN2O/c1-11(2)8-15(16(20)19(4)5)18-10-13-6-7-14(17)9-12(13)3/h6-7,9,11,15,18H,8,10H2,1-5H3. The summed E-state index contributed by atoms with van der Waals surface area (Å²) in [7, 11) is 3.53. The molecule has 0 aromatic heterocycles. The van der Waals surface area contributed by atoms with Gasteiger partial charge in [0.05, 0.1) is 6.04 Å². The number of aryl methyl sites for hydroxylation is 1. The van der Waals surface area contributed by atoms with Crippen molar-refractivity contribution in [3.8, 4) is 0 Å². The maximum atomic E-state index is 13.1. The molecule has 0 bridgehead atoms. The first kappa shape index (κ1) is 16.6. The van der Waals surface area contributed by atoms with E-state index in [1.807, 2.05) is 6.92 Å². The SMILES string of the molecule is Cc1cc(F)ccc1CNC(CC(C)C)C(=O)N(C)C. The number of carbonyl (C=O) groups is 1. The summed E-state index contributed by atoms with van der Waals surface area (Å²) in [6, 6.07) is 4.54. The van der Waals surface area contributed by atoms with E-state index in [0.29, 0.717) is 12.5 Å². The number of nitrogens with zero attached hydrogens (tertiary/aromatic N) is 1. The minimum Gasteiger partial charge on any atom is -0.347 e. The van der Waals surface area contributed by atoms with Crippen molar-refractivity contribution in [3.05, 3.63) is 35.1 Å². The summed E-state index contributed by atoms with van der Waals surface area (Å²) in [5.74, 6) is 0.290. The Labute approximate surface area is 121 Å². The Morgan fingerprint density at radius 1 is 1.35 bits per heavy atom. The molecule has 0 saturated heterocycles. The van der Waals surface area contributed by atoms with Gasteiger partial charge in [-0.05, 0) is 42.5 Å². The minimum absolute atomic E-state index is 0.0819. The first-order valence-electron chi connectivity index (χ1n) is 7.00. The lowest BCUT2D eigenvalue weighted by molar-refractivity contribution is -0.131. The van der Waals surface area contributed by atoms with Crippen LogP contribution in [0.25, 0.3) is 0 Å². The van der Waals surface area contributed by atoms with Crippen LogP contribution in [0.2, 0.25) is 0 Å². The summed E-state index contributed by atoms with van der Waals surface area (Å²) in [6.45, 7) is 6.65. The van der Waals surface area contributed by atoms with Crippen molar-refractivity contribution in [3.63, 3.8) is 0 Å². The Bertz CT molecular complexity index is 458. The number of benzene rings is 1. The van der Waals surface area contributed by atoms with Crippen LogP contribution in [0.3, 0.4) is 0 Å². The van der Waals surface area contributed by atoms with Crippen LogP contribution in [0.15, 0.2) is 18.2 Å². The normalized spacial score (nSPS) is 12.6.